The largest absolute Gasteiger partial charge is 0.497 e. The Morgan fingerprint density at radius 1 is 1.25 bits per heavy atom. The van der Waals surface area contributed by atoms with Crippen LogP contribution in [-0.2, 0) is 6.42 Å². The SMILES string of the molecule is COc1ccc(Br)c(CC(N)c2ccc(C)cc2Cl)c1. The summed E-state index contributed by atoms with van der Waals surface area (Å²) in [6.45, 7) is 2.01. The summed E-state index contributed by atoms with van der Waals surface area (Å²) in [4.78, 5) is 0. The normalized spacial score (nSPS) is 12.2. The Morgan fingerprint density at radius 2 is 2.00 bits per heavy atom. The van der Waals surface area contributed by atoms with Gasteiger partial charge in [0.2, 0.25) is 0 Å². The lowest BCUT2D eigenvalue weighted by Crippen LogP contribution is -2.14. The highest BCUT2D eigenvalue weighted by Gasteiger charge is 2.13. The second kappa shape index (κ2) is 6.61. The average molecular weight is 355 g/mol. The molecule has 2 rings (SSSR count). The Labute approximate surface area is 133 Å². The minimum Gasteiger partial charge on any atom is -0.497 e. The third-order valence-corrected chi connectivity index (χ3v) is 4.35. The van der Waals surface area contributed by atoms with Crippen molar-refractivity contribution in [2.75, 3.05) is 7.11 Å². The fourth-order valence-corrected chi connectivity index (χ4v) is 2.90. The van der Waals surface area contributed by atoms with E-state index in [1.165, 1.54) is 0 Å². The van der Waals surface area contributed by atoms with Crippen LogP contribution in [0, 0.1) is 6.92 Å². The molecule has 106 valence electrons. The van der Waals surface area contributed by atoms with Crippen LogP contribution in [0.2, 0.25) is 5.02 Å². The summed E-state index contributed by atoms with van der Waals surface area (Å²) in [6.07, 6.45) is 0.695. The fraction of sp³-hybridized carbons (Fsp3) is 0.250. The number of ether oxygens (including phenoxy) is 1. The summed E-state index contributed by atoms with van der Waals surface area (Å²) in [5.41, 5.74) is 9.50. The predicted molar refractivity (Wildman–Crippen MR) is 87.5 cm³/mol. The van der Waals surface area contributed by atoms with Crippen LogP contribution in [-0.4, -0.2) is 7.11 Å². The van der Waals surface area contributed by atoms with Crippen molar-refractivity contribution in [1.82, 2.24) is 0 Å². The van der Waals surface area contributed by atoms with Gasteiger partial charge in [0.1, 0.15) is 5.75 Å². The Bertz CT molecular complexity index is 615. The molecule has 4 heteroatoms. The summed E-state index contributed by atoms with van der Waals surface area (Å²) in [7, 11) is 1.66. The van der Waals surface area contributed by atoms with Gasteiger partial charge in [0, 0.05) is 15.5 Å². The molecule has 0 aliphatic heterocycles. The lowest BCUT2D eigenvalue weighted by Gasteiger charge is -2.16. The van der Waals surface area contributed by atoms with Gasteiger partial charge in [0.15, 0.2) is 0 Å². The van der Waals surface area contributed by atoms with E-state index in [0.29, 0.717) is 6.42 Å². The van der Waals surface area contributed by atoms with E-state index >= 15 is 0 Å². The molecule has 0 bridgehead atoms. The van der Waals surface area contributed by atoms with Crippen LogP contribution in [0.3, 0.4) is 0 Å². The zero-order valence-electron chi connectivity index (χ0n) is 11.5. The first-order chi connectivity index (χ1) is 9.51. The van der Waals surface area contributed by atoms with Gasteiger partial charge >= 0.3 is 0 Å². The van der Waals surface area contributed by atoms with Gasteiger partial charge in [-0.1, -0.05) is 39.7 Å². The van der Waals surface area contributed by atoms with E-state index < -0.39 is 0 Å². The molecule has 0 aliphatic rings. The van der Waals surface area contributed by atoms with Crippen LogP contribution in [0.1, 0.15) is 22.7 Å². The van der Waals surface area contributed by atoms with Gasteiger partial charge in [0.25, 0.3) is 0 Å². The zero-order valence-corrected chi connectivity index (χ0v) is 13.8. The van der Waals surface area contributed by atoms with E-state index in [1.54, 1.807) is 7.11 Å². The molecule has 1 unspecified atom stereocenters. The quantitative estimate of drug-likeness (QED) is 0.866. The molecular formula is C16H17BrClNO. The minimum atomic E-state index is -0.147. The van der Waals surface area contributed by atoms with E-state index in [2.05, 4.69) is 15.9 Å². The smallest absolute Gasteiger partial charge is 0.119 e. The first-order valence-electron chi connectivity index (χ1n) is 6.35. The molecule has 0 spiro atoms. The monoisotopic (exact) mass is 353 g/mol. The van der Waals surface area contributed by atoms with Crippen molar-refractivity contribution in [3.8, 4) is 5.75 Å². The summed E-state index contributed by atoms with van der Waals surface area (Å²) in [6, 6.07) is 11.7. The third-order valence-electron chi connectivity index (χ3n) is 3.25. The lowest BCUT2D eigenvalue weighted by atomic mass is 9.98. The van der Waals surface area contributed by atoms with Crippen molar-refractivity contribution in [1.29, 1.82) is 0 Å². The van der Waals surface area contributed by atoms with Crippen molar-refractivity contribution >= 4 is 27.5 Å². The van der Waals surface area contributed by atoms with Crippen LogP contribution in [0.15, 0.2) is 40.9 Å². The standard InChI is InChI=1S/C16H17BrClNO/c1-10-3-5-13(15(18)7-10)16(19)9-11-8-12(20-2)4-6-14(11)17/h3-8,16H,9,19H2,1-2H3. The van der Waals surface area contributed by atoms with Crippen molar-refractivity contribution in [2.24, 2.45) is 5.73 Å². The van der Waals surface area contributed by atoms with E-state index in [0.717, 1.165) is 31.9 Å². The second-order valence-electron chi connectivity index (χ2n) is 4.79. The number of rotatable bonds is 4. The second-order valence-corrected chi connectivity index (χ2v) is 6.05. The molecule has 0 aliphatic carbocycles. The minimum absolute atomic E-state index is 0.147. The molecule has 0 amide bonds. The van der Waals surface area contributed by atoms with Crippen molar-refractivity contribution in [2.45, 2.75) is 19.4 Å². The molecule has 2 aromatic carbocycles. The number of nitrogens with two attached hydrogens (primary N) is 1. The maximum Gasteiger partial charge on any atom is 0.119 e. The summed E-state index contributed by atoms with van der Waals surface area (Å²) < 4.78 is 6.27. The van der Waals surface area contributed by atoms with E-state index in [9.17, 15) is 0 Å². The molecule has 2 N–H and O–H groups in total. The first kappa shape index (κ1) is 15.4. The Kier molecular flexibility index (Phi) is 5.08. The number of hydrogen-bond acceptors (Lipinski definition) is 2. The van der Waals surface area contributed by atoms with E-state index in [4.69, 9.17) is 22.1 Å². The number of methoxy groups -OCH3 is 1. The Balaban J connectivity index is 2.25. The summed E-state index contributed by atoms with van der Waals surface area (Å²) in [5.74, 6) is 0.824. The van der Waals surface area contributed by atoms with Gasteiger partial charge in [-0.3, -0.25) is 0 Å². The topological polar surface area (TPSA) is 35.2 Å². The van der Waals surface area contributed by atoms with Gasteiger partial charge < -0.3 is 10.5 Å². The van der Waals surface area contributed by atoms with Gasteiger partial charge in [-0.15, -0.1) is 0 Å². The average Bonchev–Trinajstić information content (AvgIpc) is 2.41. The maximum absolute atomic E-state index is 6.29. The van der Waals surface area contributed by atoms with Gasteiger partial charge in [0.05, 0.1) is 7.11 Å². The highest BCUT2D eigenvalue weighted by atomic mass is 79.9. The maximum atomic E-state index is 6.29. The Hall–Kier alpha value is -1.03. The summed E-state index contributed by atoms with van der Waals surface area (Å²) in [5, 5.41) is 0.719. The van der Waals surface area contributed by atoms with E-state index in [-0.39, 0.29) is 6.04 Å². The number of hydrogen-bond donors (Lipinski definition) is 1. The van der Waals surface area contributed by atoms with Crippen molar-refractivity contribution in [3.63, 3.8) is 0 Å². The van der Waals surface area contributed by atoms with Gasteiger partial charge in [-0.25, -0.2) is 0 Å². The van der Waals surface area contributed by atoms with Crippen LogP contribution < -0.4 is 10.5 Å². The molecular weight excluding hydrogens is 338 g/mol. The van der Waals surface area contributed by atoms with Crippen LogP contribution in [0.4, 0.5) is 0 Å². The molecule has 0 fully saturated rings. The molecule has 0 heterocycles. The first-order valence-corrected chi connectivity index (χ1v) is 7.52. The highest BCUT2D eigenvalue weighted by molar-refractivity contribution is 9.10. The molecule has 2 nitrogen and oxygen atoms in total. The molecule has 0 saturated heterocycles. The van der Waals surface area contributed by atoms with Crippen molar-refractivity contribution in [3.05, 3.63) is 62.6 Å². The molecule has 1 atom stereocenters. The van der Waals surface area contributed by atoms with Crippen LogP contribution in [0.5, 0.6) is 5.75 Å². The molecule has 0 radical (unpaired) electrons. The zero-order chi connectivity index (χ0) is 14.7. The molecule has 0 aromatic heterocycles. The van der Waals surface area contributed by atoms with Gasteiger partial charge in [-0.2, -0.15) is 0 Å². The van der Waals surface area contributed by atoms with Gasteiger partial charge in [-0.05, 0) is 54.3 Å². The molecule has 20 heavy (non-hydrogen) atoms. The van der Waals surface area contributed by atoms with Crippen molar-refractivity contribution < 1.29 is 4.74 Å². The summed E-state index contributed by atoms with van der Waals surface area (Å²) >= 11 is 9.82. The Morgan fingerprint density at radius 3 is 2.65 bits per heavy atom. The molecule has 0 saturated carbocycles. The van der Waals surface area contributed by atoms with E-state index in [1.807, 2.05) is 43.3 Å². The van der Waals surface area contributed by atoms with Crippen LogP contribution in [0.25, 0.3) is 0 Å². The number of aryl methyl sites for hydroxylation is 1. The fourth-order valence-electron chi connectivity index (χ4n) is 2.11. The molecule has 2 aromatic rings. The lowest BCUT2D eigenvalue weighted by molar-refractivity contribution is 0.414. The number of benzene rings is 2. The highest BCUT2D eigenvalue weighted by Crippen LogP contribution is 2.29. The third kappa shape index (κ3) is 3.54. The van der Waals surface area contributed by atoms with Crippen LogP contribution >= 0.6 is 27.5 Å². The number of halogens is 2. The predicted octanol–water partition coefficient (Wildman–Crippen LogP) is 4.66.